The molecule has 1 aromatic rings. The molecule has 1 amide bonds. The van der Waals surface area contributed by atoms with Crippen LogP contribution in [0.15, 0.2) is 24.3 Å². The molecular formula is C41H67NO14. The fourth-order valence-electron chi connectivity index (χ4n) is 4.12. The van der Waals surface area contributed by atoms with Crippen LogP contribution in [0.2, 0.25) is 0 Å². The molecular weight excluding hydrogens is 730 g/mol. The fourth-order valence-corrected chi connectivity index (χ4v) is 4.12. The summed E-state index contributed by atoms with van der Waals surface area (Å²) < 4.78 is 25.5. The van der Waals surface area contributed by atoms with E-state index in [4.69, 9.17) is 38.7 Å². The van der Waals surface area contributed by atoms with E-state index in [9.17, 15) is 28.8 Å². The van der Waals surface area contributed by atoms with E-state index in [0.717, 1.165) is 39.0 Å². The van der Waals surface area contributed by atoms with Crippen LogP contribution < -0.4 is 5.32 Å². The summed E-state index contributed by atoms with van der Waals surface area (Å²) in [5.41, 5.74) is -1.26. The number of amides is 1. The number of hydrogen-bond acceptors (Lipinski definition) is 12. The predicted molar refractivity (Wildman–Crippen MR) is 209 cm³/mol. The fraction of sp³-hybridized carbons (Fsp3) is 0.683. The van der Waals surface area contributed by atoms with Gasteiger partial charge in [-0.25, -0.2) is 14.4 Å². The van der Waals surface area contributed by atoms with Crippen molar-refractivity contribution in [3.05, 3.63) is 35.4 Å². The van der Waals surface area contributed by atoms with Crippen molar-refractivity contribution in [3.8, 4) is 0 Å². The summed E-state index contributed by atoms with van der Waals surface area (Å²) in [7, 11) is 0. The maximum atomic E-state index is 11.8. The number of esters is 4. The van der Waals surface area contributed by atoms with E-state index >= 15 is 0 Å². The van der Waals surface area contributed by atoms with E-state index in [1.165, 1.54) is 24.6 Å². The molecule has 0 bridgehead atoms. The van der Waals surface area contributed by atoms with Gasteiger partial charge in [0, 0.05) is 13.3 Å². The van der Waals surface area contributed by atoms with Crippen LogP contribution in [0.1, 0.15) is 147 Å². The molecule has 0 fully saturated rings. The predicted octanol–water partition coefficient (Wildman–Crippen LogP) is 7.62. The summed E-state index contributed by atoms with van der Waals surface area (Å²) in [5.74, 6) is -3.12. The maximum absolute atomic E-state index is 11.8. The number of aliphatic carboxylic acids is 1. The van der Waals surface area contributed by atoms with Crippen LogP contribution in [0.5, 0.6) is 0 Å². The molecule has 15 nitrogen and oxygen atoms in total. The molecule has 0 aliphatic carbocycles. The van der Waals surface area contributed by atoms with Crippen molar-refractivity contribution in [1.82, 2.24) is 5.32 Å². The van der Waals surface area contributed by atoms with Crippen LogP contribution in [0.25, 0.3) is 0 Å². The Morgan fingerprint density at radius 2 is 1.21 bits per heavy atom. The van der Waals surface area contributed by atoms with Gasteiger partial charge in [0.1, 0.15) is 19.8 Å². The number of aromatic carboxylic acids is 1. The van der Waals surface area contributed by atoms with Gasteiger partial charge in [0.05, 0.1) is 41.7 Å². The monoisotopic (exact) mass is 797 g/mol. The first-order valence-corrected chi connectivity index (χ1v) is 19.4. The van der Waals surface area contributed by atoms with E-state index in [1.807, 2.05) is 27.7 Å². The molecule has 0 aliphatic heterocycles. The first-order chi connectivity index (χ1) is 26.3. The minimum Gasteiger partial charge on any atom is -0.481 e. The smallest absolute Gasteiger partial charge is 0.407 e. The Bertz CT molecular complexity index is 1340. The molecule has 1 rings (SSSR count). The van der Waals surface area contributed by atoms with Gasteiger partial charge in [0.2, 0.25) is 0 Å². The molecule has 0 heterocycles. The van der Waals surface area contributed by atoms with Crippen LogP contribution in [0, 0.1) is 16.7 Å². The Kier molecular flexibility index (Phi) is 29.1. The Morgan fingerprint density at radius 1 is 0.679 bits per heavy atom. The molecule has 1 atom stereocenters. The molecule has 0 spiro atoms. The third-order valence-corrected chi connectivity index (χ3v) is 8.69. The van der Waals surface area contributed by atoms with Crippen LogP contribution in [-0.4, -0.2) is 91.7 Å². The number of carbonyl (C=O) groups excluding carboxylic acids is 5. The summed E-state index contributed by atoms with van der Waals surface area (Å²) in [5, 5.41) is 19.0. The molecule has 0 aliphatic rings. The zero-order valence-electron chi connectivity index (χ0n) is 35.0. The zero-order valence-corrected chi connectivity index (χ0v) is 35.0. The number of carboxylic acid groups (broad SMARTS) is 2. The summed E-state index contributed by atoms with van der Waals surface area (Å²) in [6, 6.07) is 5.77. The highest BCUT2D eigenvalue weighted by Crippen LogP contribution is 2.22. The van der Waals surface area contributed by atoms with Crippen molar-refractivity contribution in [2.24, 2.45) is 16.7 Å². The largest absolute Gasteiger partial charge is 0.481 e. The average Bonchev–Trinajstić information content (AvgIpc) is 3.16. The number of rotatable bonds is 24. The van der Waals surface area contributed by atoms with Crippen molar-refractivity contribution in [3.63, 3.8) is 0 Å². The van der Waals surface area contributed by atoms with Gasteiger partial charge in [-0.3, -0.25) is 19.2 Å². The van der Waals surface area contributed by atoms with Crippen LogP contribution in [0.4, 0.5) is 4.79 Å². The van der Waals surface area contributed by atoms with E-state index in [0.29, 0.717) is 44.8 Å². The number of hydrogen-bond donors (Lipinski definition) is 3. The van der Waals surface area contributed by atoms with Crippen molar-refractivity contribution >= 4 is 41.9 Å². The van der Waals surface area contributed by atoms with Gasteiger partial charge in [0.15, 0.2) is 0 Å². The molecule has 0 saturated carbocycles. The van der Waals surface area contributed by atoms with Crippen molar-refractivity contribution in [1.29, 1.82) is 0 Å². The number of carbonyl (C=O) groups is 7. The van der Waals surface area contributed by atoms with Crippen molar-refractivity contribution in [2.75, 3.05) is 39.6 Å². The minimum atomic E-state index is -1.20. The average molecular weight is 798 g/mol. The highest BCUT2D eigenvalue weighted by atomic mass is 16.6. The Balaban J connectivity index is 0. The quantitative estimate of drug-likeness (QED) is 0.0521. The Morgan fingerprint density at radius 3 is 1.73 bits per heavy atom. The molecule has 0 aromatic heterocycles. The Labute approximate surface area is 332 Å². The molecule has 1 unspecified atom stereocenters. The molecule has 320 valence electrons. The number of unbranched alkanes of at least 4 members (excludes halogenated alkanes) is 3. The van der Waals surface area contributed by atoms with Gasteiger partial charge >= 0.3 is 35.9 Å². The van der Waals surface area contributed by atoms with Gasteiger partial charge in [-0.05, 0) is 84.3 Å². The minimum absolute atomic E-state index is 0.0322. The molecule has 0 saturated heterocycles. The van der Waals surface area contributed by atoms with Gasteiger partial charge in [-0.2, -0.15) is 0 Å². The van der Waals surface area contributed by atoms with E-state index in [1.54, 1.807) is 19.9 Å². The lowest BCUT2D eigenvalue weighted by Crippen LogP contribution is -2.32. The lowest BCUT2D eigenvalue weighted by Gasteiger charge is -2.20. The van der Waals surface area contributed by atoms with Crippen LogP contribution >= 0.6 is 0 Å². The lowest BCUT2D eigenvalue weighted by atomic mass is 9.91. The highest BCUT2D eigenvalue weighted by molar-refractivity contribution is 6.02. The summed E-state index contributed by atoms with van der Waals surface area (Å²) in [6.07, 6.45) is 7.88. The molecule has 1 aromatic carbocycles. The first kappa shape index (κ1) is 53.4. The van der Waals surface area contributed by atoms with Gasteiger partial charge in [-0.1, -0.05) is 59.1 Å². The molecule has 3 N–H and O–H groups in total. The Hall–Kier alpha value is -4.69. The second kappa shape index (κ2) is 30.5. The zero-order chi connectivity index (χ0) is 43.2. The van der Waals surface area contributed by atoms with Crippen molar-refractivity contribution in [2.45, 2.75) is 127 Å². The second-order valence-corrected chi connectivity index (χ2v) is 14.2. The van der Waals surface area contributed by atoms with E-state index in [-0.39, 0.29) is 55.4 Å². The van der Waals surface area contributed by atoms with Crippen molar-refractivity contribution < 1.29 is 67.5 Å². The summed E-state index contributed by atoms with van der Waals surface area (Å²) >= 11 is 0. The topological polar surface area (TPSA) is 218 Å². The molecule has 0 radical (unpaired) electrons. The first-order valence-electron chi connectivity index (χ1n) is 19.4. The highest BCUT2D eigenvalue weighted by Gasteiger charge is 2.28. The maximum Gasteiger partial charge on any atom is 0.407 e. The van der Waals surface area contributed by atoms with Crippen LogP contribution in [-0.2, 0) is 42.9 Å². The van der Waals surface area contributed by atoms with Gasteiger partial charge in [-0.15, -0.1) is 0 Å². The van der Waals surface area contributed by atoms with Crippen LogP contribution in [0.3, 0.4) is 0 Å². The second-order valence-electron chi connectivity index (χ2n) is 14.2. The van der Waals surface area contributed by atoms with E-state index in [2.05, 4.69) is 19.2 Å². The normalized spacial score (nSPS) is 11.2. The lowest BCUT2D eigenvalue weighted by molar-refractivity contribution is -0.155. The SMILES string of the molecule is CC(=O)O.CCC(C)(C)C(=O)OCCOC(=O)c1ccccc1C(=O)O.CCCCC(CC)COC(=O)CCCCCOC(=O)NCCOC(=O)C(C)(C)CC. The third-order valence-electron chi connectivity index (χ3n) is 8.69. The molecule has 15 heteroatoms. The third kappa shape index (κ3) is 26.2. The van der Waals surface area contributed by atoms with Gasteiger partial charge in [0.25, 0.3) is 5.97 Å². The molecule has 56 heavy (non-hydrogen) atoms. The number of nitrogens with one attached hydrogen (secondary N) is 1. The number of carboxylic acids is 2. The number of ether oxygens (including phenoxy) is 5. The summed E-state index contributed by atoms with van der Waals surface area (Å²) in [4.78, 5) is 78.7. The number of alkyl carbamates (subject to hydrolysis) is 1. The summed E-state index contributed by atoms with van der Waals surface area (Å²) in [6.45, 7) is 17.3. The standard InChI is InChI=1S/C23H43NO6.C16H20O6.C2H4O2/c1-6-9-13-19(7-2)18-30-20(25)14-11-10-12-16-29-22(27)24-15-17-28-21(26)23(4,5)8-3;1-4-16(2,3)15(20)22-10-9-21-14(19)12-8-6-5-7-11(12)13(17)18;1-2(3)4/h19H,6-18H2,1-5H3,(H,24,27);5-8H,4,9-10H2,1-3H3,(H,17,18);1H3,(H,3,4). The van der Waals surface area contributed by atoms with Gasteiger partial charge < -0.3 is 39.2 Å². The van der Waals surface area contributed by atoms with E-state index < -0.39 is 34.8 Å². The number of benzene rings is 1.